The average molecular weight is 297 g/mol. The Labute approximate surface area is 110 Å². The maximum absolute atomic E-state index is 4.35. The molecule has 2 heterocycles. The summed E-state index contributed by atoms with van der Waals surface area (Å²) in [7, 11) is 0. The van der Waals surface area contributed by atoms with E-state index in [-0.39, 0.29) is 0 Å². The molecule has 5 heteroatoms. The van der Waals surface area contributed by atoms with Crippen LogP contribution in [0.4, 0.5) is 5.82 Å². The van der Waals surface area contributed by atoms with Gasteiger partial charge in [0.2, 0.25) is 0 Å². The second-order valence-corrected chi connectivity index (χ2v) is 5.78. The minimum Gasteiger partial charge on any atom is -0.353 e. The van der Waals surface area contributed by atoms with Gasteiger partial charge in [-0.25, -0.2) is 9.97 Å². The molecule has 2 fully saturated rings. The largest absolute Gasteiger partial charge is 0.353 e. The molecule has 0 unspecified atom stereocenters. The number of hydrogen-bond acceptors (Lipinski definition) is 4. The highest BCUT2D eigenvalue weighted by atomic mass is 79.9. The van der Waals surface area contributed by atoms with E-state index in [1.807, 2.05) is 6.20 Å². The zero-order chi connectivity index (χ0) is 11.7. The van der Waals surface area contributed by atoms with Gasteiger partial charge in [0.05, 0.1) is 4.47 Å². The van der Waals surface area contributed by atoms with E-state index in [1.165, 1.54) is 19.4 Å². The van der Waals surface area contributed by atoms with Crippen LogP contribution < -0.4 is 4.90 Å². The Morgan fingerprint density at radius 3 is 2.65 bits per heavy atom. The molecule has 1 aliphatic carbocycles. The Bertz CT molecular complexity index is 386. The molecule has 2 aliphatic rings. The number of halogens is 1. The summed E-state index contributed by atoms with van der Waals surface area (Å²) in [5.41, 5.74) is 0. The predicted octanol–water partition coefficient (Wildman–Crippen LogP) is 1.77. The van der Waals surface area contributed by atoms with Crippen LogP contribution in [0.5, 0.6) is 0 Å². The number of nitrogens with zero attached hydrogens (tertiary/aromatic N) is 4. The zero-order valence-electron chi connectivity index (χ0n) is 9.85. The molecule has 1 saturated heterocycles. The SMILES string of the molecule is Brc1cncnc1N1CCN(CC2CC2)CC1. The van der Waals surface area contributed by atoms with Crippen molar-refractivity contribution in [3.8, 4) is 0 Å². The summed E-state index contributed by atoms with van der Waals surface area (Å²) < 4.78 is 0.996. The van der Waals surface area contributed by atoms with Crippen molar-refractivity contribution >= 4 is 21.7 Å². The average Bonchev–Trinajstić information content (AvgIpc) is 3.15. The first-order valence-electron chi connectivity index (χ1n) is 6.26. The summed E-state index contributed by atoms with van der Waals surface area (Å²) in [6.45, 7) is 5.77. The summed E-state index contributed by atoms with van der Waals surface area (Å²) in [6.07, 6.45) is 6.32. The number of hydrogen-bond donors (Lipinski definition) is 0. The topological polar surface area (TPSA) is 32.3 Å². The third kappa shape index (κ3) is 2.77. The maximum Gasteiger partial charge on any atom is 0.146 e. The summed E-state index contributed by atoms with van der Waals surface area (Å²) in [5, 5.41) is 0. The van der Waals surface area contributed by atoms with E-state index in [0.717, 1.165) is 42.4 Å². The predicted molar refractivity (Wildman–Crippen MR) is 71.1 cm³/mol. The van der Waals surface area contributed by atoms with Crippen molar-refractivity contribution in [2.24, 2.45) is 5.92 Å². The third-order valence-corrected chi connectivity index (χ3v) is 4.09. The fourth-order valence-corrected chi connectivity index (χ4v) is 2.82. The van der Waals surface area contributed by atoms with Gasteiger partial charge in [-0.15, -0.1) is 0 Å². The Morgan fingerprint density at radius 1 is 1.24 bits per heavy atom. The normalized spacial score (nSPS) is 21.8. The molecule has 0 amide bonds. The van der Waals surface area contributed by atoms with Crippen molar-refractivity contribution in [2.75, 3.05) is 37.6 Å². The molecule has 1 aromatic heterocycles. The number of aromatic nitrogens is 2. The van der Waals surface area contributed by atoms with E-state index in [1.54, 1.807) is 6.33 Å². The standard InChI is InChI=1S/C12H17BrN4/c13-11-7-14-9-15-12(11)17-5-3-16(4-6-17)8-10-1-2-10/h7,9-10H,1-6,8H2. The number of piperazine rings is 1. The van der Waals surface area contributed by atoms with Crippen LogP contribution >= 0.6 is 15.9 Å². The van der Waals surface area contributed by atoms with E-state index in [9.17, 15) is 0 Å². The lowest BCUT2D eigenvalue weighted by Crippen LogP contribution is -2.47. The van der Waals surface area contributed by atoms with Crippen LogP contribution in [0, 0.1) is 5.92 Å². The highest BCUT2D eigenvalue weighted by molar-refractivity contribution is 9.10. The van der Waals surface area contributed by atoms with Crippen LogP contribution in [-0.2, 0) is 0 Å². The summed E-state index contributed by atoms with van der Waals surface area (Å²) in [5.74, 6) is 2.03. The van der Waals surface area contributed by atoms with Gasteiger partial charge in [0.1, 0.15) is 12.1 Å². The molecular weight excluding hydrogens is 280 g/mol. The first-order chi connectivity index (χ1) is 8.33. The fraction of sp³-hybridized carbons (Fsp3) is 0.667. The van der Waals surface area contributed by atoms with E-state index in [2.05, 4.69) is 35.7 Å². The summed E-state index contributed by atoms with van der Waals surface area (Å²) in [4.78, 5) is 13.3. The van der Waals surface area contributed by atoms with Gasteiger partial charge < -0.3 is 4.90 Å². The van der Waals surface area contributed by atoms with Crippen molar-refractivity contribution in [2.45, 2.75) is 12.8 Å². The van der Waals surface area contributed by atoms with Crippen molar-refractivity contribution in [1.29, 1.82) is 0 Å². The Balaban J connectivity index is 1.58. The quantitative estimate of drug-likeness (QED) is 0.851. The smallest absolute Gasteiger partial charge is 0.146 e. The Kier molecular flexibility index (Phi) is 3.29. The van der Waals surface area contributed by atoms with Gasteiger partial charge in [0.15, 0.2) is 0 Å². The molecule has 1 aromatic rings. The maximum atomic E-state index is 4.35. The van der Waals surface area contributed by atoms with Gasteiger partial charge in [-0.1, -0.05) is 0 Å². The van der Waals surface area contributed by atoms with E-state index < -0.39 is 0 Å². The van der Waals surface area contributed by atoms with Crippen LogP contribution in [0.1, 0.15) is 12.8 Å². The van der Waals surface area contributed by atoms with Crippen LogP contribution in [0.25, 0.3) is 0 Å². The first-order valence-corrected chi connectivity index (χ1v) is 7.05. The van der Waals surface area contributed by atoms with Gasteiger partial charge in [-0.05, 0) is 34.7 Å². The van der Waals surface area contributed by atoms with Gasteiger partial charge in [0, 0.05) is 38.9 Å². The van der Waals surface area contributed by atoms with Crippen LogP contribution in [0.2, 0.25) is 0 Å². The van der Waals surface area contributed by atoms with Crippen LogP contribution in [0.15, 0.2) is 17.0 Å². The molecule has 0 aromatic carbocycles. The van der Waals surface area contributed by atoms with Crippen molar-refractivity contribution in [3.05, 3.63) is 17.0 Å². The molecule has 1 aliphatic heterocycles. The Hall–Kier alpha value is -0.680. The Morgan fingerprint density at radius 2 is 2.00 bits per heavy atom. The fourth-order valence-electron chi connectivity index (χ4n) is 2.35. The molecule has 0 atom stereocenters. The van der Waals surface area contributed by atoms with E-state index in [0.29, 0.717) is 0 Å². The molecule has 0 N–H and O–H groups in total. The van der Waals surface area contributed by atoms with Gasteiger partial charge in [0.25, 0.3) is 0 Å². The second-order valence-electron chi connectivity index (χ2n) is 4.93. The minimum atomic E-state index is 0.993. The highest BCUT2D eigenvalue weighted by Crippen LogP contribution is 2.30. The van der Waals surface area contributed by atoms with Gasteiger partial charge in [-0.3, -0.25) is 4.90 Å². The number of rotatable bonds is 3. The van der Waals surface area contributed by atoms with Gasteiger partial charge >= 0.3 is 0 Å². The third-order valence-electron chi connectivity index (χ3n) is 3.53. The van der Waals surface area contributed by atoms with Gasteiger partial charge in [-0.2, -0.15) is 0 Å². The molecule has 4 nitrogen and oxygen atoms in total. The molecule has 0 spiro atoms. The lowest BCUT2D eigenvalue weighted by molar-refractivity contribution is 0.247. The van der Waals surface area contributed by atoms with Crippen LogP contribution in [0.3, 0.4) is 0 Å². The summed E-state index contributed by atoms with van der Waals surface area (Å²) in [6, 6.07) is 0. The molecule has 3 rings (SSSR count). The van der Waals surface area contributed by atoms with Crippen molar-refractivity contribution in [3.63, 3.8) is 0 Å². The molecule has 1 saturated carbocycles. The second kappa shape index (κ2) is 4.90. The molecule has 17 heavy (non-hydrogen) atoms. The van der Waals surface area contributed by atoms with Crippen LogP contribution in [-0.4, -0.2) is 47.6 Å². The summed E-state index contributed by atoms with van der Waals surface area (Å²) >= 11 is 3.52. The molecule has 92 valence electrons. The monoisotopic (exact) mass is 296 g/mol. The van der Waals surface area contributed by atoms with E-state index >= 15 is 0 Å². The molecular formula is C12H17BrN4. The minimum absolute atomic E-state index is 0.993. The lowest BCUT2D eigenvalue weighted by atomic mass is 10.3. The highest BCUT2D eigenvalue weighted by Gasteiger charge is 2.26. The first kappa shape index (κ1) is 11.4. The van der Waals surface area contributed by atoms with Crippen molar-refractivity contribution in [1.82, 2.24) is 14.9 Å². The number of anilines is 1. The zero-order valence-corrected chi connectivity index (χ0v) is 11.4. The lowest BCUT2D eigenvalue weighted by Gasteiger charge is -2.35. The molecule has 0 bridgehead atoms. The molecule has 0 radical (unpaired) electrons. The van der Waals surface area contributed by atoms with Crippen molar-refractivity contribution < 1.29 is 0 Å². The van der Waals surface area contributed by atoms with E-state index in [4.69, 9.17) is 0 Å².